The van der Waals surface area contributed by atoms with Gasteiger partial charge in [-0.1, -0.05) is 19.4 Å². The third-order valence-electron chi connectivity index (χ3n) is 6.82. The minimum absolute atomic E-state index is 0.0672. The monoisotopic (exact) mass is 504 g/mol. The van der Waals surface area contributed by atoms with E-state index in [4.69, 9.17) is 0 Å². The molecule has 35 heavy (non-hydrogen) atoms. The largest absolute Gasteiger partial charge is 0.416 e. The molecule has 1 fully saturated rings. The average molecular weight is 504 g/mol. The first-order valence-electron chi connectivity index (χ1n) is 11.2. The van der Waals surface area contributed by atoms with E-state index in [0.29, 0.717) is 30.7 Å². The van der Waals surface area contributed by atoms with Gasteiger partial charge in [-0.2, -0.15) is 26.3 Å². The molecule has 0 spiro atoms. The molecule has 0 saturated carbocycles. The Bertz CT molecular complexity index is 1050. The topological polar surface area (TPSA) is 23.6 Å². The van der Waals surface area contributed by atoms with Crippen molar-refractivity contribution in [1.29, 1.82) is 0 Å². The number of hydrogen-bond donors (Lipinski definition) is 0. The van der Waals surface area contributed by atoms with Crippen LogP contribution in [-0.4, -0.2) is 29.4 Å². The fourth-order valence-corrected chi connectivity index (χ4v) is 4.70. The molecule has 3 rings (SSSR count). The van der Waals surface area contributed by atoms with Gasteiger partial charge in [0.05, 0.1) is 23.2 Å². The molecule has 10 heteroatoms. The summed E-state index contributed by atoms with van der Waals surface area (Å²) < 4.78 is 93.5. The number of carbonyl (C=O) groups is 1. The Morgan fingerprint density at radius 3 is 2.11 bits per heavy atom. The van der Waals surface area contributed by atoms with Crippen LogP contribution in [-0.2, 0) is 12.4 Å². The highest BCUT2D eigenvalue weighted by Crippen LogP contribution is 2.42. The molecule has 0 aromatic heterocycles. The van der Waals surface area contributed by atoms with Gasteiger partial charge in [0.2, 0.25) is 0 Å². The van der Waals surface area contributed by atoms with E-state index in [2.05, 4.69) is 0 Å². The van der Waals surface area contributed by atoms with Gasteiger partial charge in [-0.05, 0) is 73.2 Å². The van der Waals surface area contributed by atoms with Crippen LogP contribution in [0.3, 0.4) is 0 Å². The van der Waals surface area contributed by atoms with E-state index in [1.807, 2.05) is 6.92 Å². The number of hydrogen-bond acceptors (Lipinski definition) is 1. The van der Waals surface area contributed by atoms with Crippen LogP contribution >= 0.6 is 0 Å². The number of nitrogens with zero attached hydrogens (tertiary/aromatic N) is 2. The Hall–Kier alpha value is -2.78. The normalized spacial score (nSPS) is 19.7. The minimum Gasteiger partial charge on any atom is -0.321 e. The van der Waals surface area contributed by atoms with Crippen molar-refractivity contribution in [3.05, 3.63) is 70.0 Å². The summed E-state index contributed by atoms with van der Waals surface area (Å²) in [7, 11) is 1.36. The highest BCUT2D eigenvalue weighted by Gasteiger charge is 2.41. The van der Waals surface area contributed by atoms with E-state index in [-0.39, 0.29) is 23.6 Å². The number of halogens is 7. The molecule has 3 atom stereocenters. The van der Waals surface area contributed by atoms with Crippen molar-refractivity contribution in [2.24, 2.45) is 5.92 Å². The second-order valence-corrected chi connectivity index (χ2v) is 9.00. The second-order valence-electron chi connectivity index (χ2n) is 9.00. The summed E-state index contributed by atoms with van der Waals surface area (Å²) in [5, 5.41) is 0. The van der Waals surface area contributed by atoms with Gasteiger partial charge in [0.1, 0.15) is 5.82 Å². The van der Waals surface area contributed by atoms with Crippen molar-refractivity contribution >= 4 is 6.03 Å². The van der Waals surface area contributed by atoms with E-state index in [1.54, 1.807) is 17.9 Å². The first kappa shape index (κ1) is 26.8. The van der Waals surface area contributed by atoms with Crippen LogP contribution in [0.25, 0.3) is 0 Å². The van der Waals surface area contributed by atoms with Gasteiger partial charge in [-0.25, -0.2) is 9.18 Å². The van der Waals surface area contributed by atoms with E-state index >= 15 is 0 Å². The predicted octanol–water partition coefficient (Wildman–Crippen LogP) is 7.76. The summed E-state index contributed by atoms with van der Waals surface area (Å²) in [5.74, 6) is -0.330. The fourth-order valence-electron chi connectivity index (χ4n) is 4.70. The molecule has 1 aliphatic rings. The molecule has 0 aliphatic carbocycles. The summed E-state index contributed by atoms with van der Waals surface area (Å²) in [6, 6.07) is 3.69. The maximum atomic E-state index is 13.7. The van der Waals surface area contributed by atoms with Crippen LogP contribution in [0.1, 0.15) is 66.6 Å². The van der Waals surface area contributed by atoms with Crippen LogP contribution < -0.4 is 0 Å². The second kappa shape index (κ2) is 9.70. The van der Waals surface area contributed by atoms with Gasteiger partial charge in [-0.3, -0.25) is 0 Å². The molecule has 2 aromatic rings. The zero-order valence-corrected chi connectivity index (χ0v) is 19.8. The maximum Gasteiger partial charge on any atom is 0.416 e. The number of likely N-dealkylation sites (tertiary alicyclic amines) is 1. The summed E-state index contributed by atoms with van der Waals surface area (Å²) in [6.45, 7) is 5.46. The summed E-state index contributed by atoms with van der Waals surface area (Å²) in [6.07, 6.45) is -8.54. The van der Waals surface area contributed by atoms with Crippen molar-refractivity contribution in [2.75, 3.05) is 13.6 Å². The van der Waals surface area contributed by atoms with Gasteiger partial charge in [-0.15, -0.1) is 0 Å². The summed E-state index contributed by atoms with van der Waals surface area (Å²) in [5.41, 5.74) is -1.70. The first-order chi connectivity index (χ1) is 16.1. The maximum absolute atomic E-state index is 13.7. The number of urea groups is 1. The Morgan fingerprint density at radius 1 is 1.06 bits per heavy atom. The SMILES string of the molecule is CC[C@@H]1CCN(C(=O)N(C)[C@H](C)c2cc(C(F)(F)F)cc(C(F)(F)F)c2)[C@H]1c1ccc(F)cc1C. The van der Waals surface area contributed by atoms with Gasteiger partial charge in [0, 0.05) is 13.6 Å². The lowest BCUT2D eigenvalue weighted by atomic mass is 9.89. The molecule has 3 nitrogen and oxygen atoms in total. The van der Waals surface area contributed by atoms with E-state index in [0.717, 1.165) is 16.9 Å². The molecule has 1 saturated heterocycles. The van der Waals surface area contributed by atoms with Crippen LogP contribution in [0.15, 0.2) is 36.4 Å². The van der Waals surface area contributed by atoms with Gasteiger partial charge in [0.15, 0.2) is 0 Å². The Labute approximate surface area is 199 Å². The Kier molecular flexibility index (Phi) is 7.43. The lowest BCUT2D eigenvalue weighted by Gasteiger charge is -2.35. The van der Waals surface area contributed by atoms with E-state index in [1.165, 1.54) is 26.1 Å². The Balaban J connectivity index is 1.96. The number of amides is 2. The standard InChI is InChI=1S/C25H27F7N2O/c1-5-16-8-9-34(22(16)21-7-6-20(26)10-14(21)2)23(35)33(4)15(3)17-11-18(24(27,28)29)13-19(12-17)25(30,31)32/h6-7,10-13,15-16,22H,5,8-9H2,1-4H3/t15-,16-,22-/m1/s1. The molecule has 2 amide bonds. The molecule has 0 radical (unpaired) electrons. The number of alkyl halides is 6. The van der Waals surface area contributed by atoms with Crippen molar-refractivity contribution in [3.63, 3.8) is 0 Å². The van der Waals surface area contributed by atoms with Crippen molar-refractivity contribution in [1.82, 2.24) is 9.80 Å². The smallest absolute Gasteiger partial charge is 0.321 e. The zero-order chi connectivity index (χ0) is 26.3. The number of rotatable bonds is 4. The third kappa shape index (κ3) is 5.56. The number of benzene rings is 2. The van der Waals surface area contributed by atoms with Gasteiger partial charge >= 0.3 is 18.4 Å². The average Bonchev–Trinajstić information content (AvgIpc) is 3.19. The quantitative estimate of drug-likeness (QED) is 0.391. The van der Waals surface area contributed by atoms with Crippen LogP contribution in [0, 0.1) is 18.7 Å². The first-order valence-corrected chi connectivity index (χ1v) is 11.2. The number of aryl methyl sites for hydroxylation is 1. The van der Waals surface area contributed by atoms with Crippen molar-refractivity contribution in [3.8, 4) is 0 Å². The van der Waals surface area contributed by atoms with Crippen LogP contribution in [0.5, 0.6) is 0 Å². The summed E-state index contributed by atoms with van der Waals surface area (Å²) in [4.78, 5) is 16.2. The molecule has 2 aromatic carbocycles. The number of carbonyl (C=O) groups excluding carboxylic acids is 1. The highest BCUT2D eigenvalue weighted by molar-refractivity contribution is 5.76. The van der Waals surface area contributed by atoms with Crippen LogP contribution in [0.2, 0.25) is 0 Å². The lowest BCUT2D eigenvalue weighted by molar-refractivity contribution is -0.143. The van der Waals surface area contributed by atoms with Crippen LogP contribution in [0.4, 0.5) is 35.5 Å². The molecule has 1 heterocycles. The van der Waals surface area contributed by atoms with Gasteiger partial charge in [0.25, 0.3) is 0 Å². The molecular weight excluding hydrogens is 477 g/mol. The minimum atomic E-state index is -4.98. The summed E-state index contributed by atoms with van der Waals surface area (Å²) >= 11 is 0. The molecular formula is C25H27F7N2O. The van der Waals surface area contributed by atoms with E-state index in [9.17, 15) is 35.5 Å². The van der Waals surface area contributed by atoms with Gasteiger partial charge < -0.3 is 9.80 Å². The third-order valence-corrected chi connectivity index (χ3v) is 6.82. The molecule has 0 unspecified atom stereocenters. The van der Waals surface area contributed by atoms with Crippen molar-refractivity contribution < 1.29 is 35.5 Å². The fraction of sp³-hybridized carbons (Fsp3) is 0.480. The molecule has 0 bridgehead atoms. The predicted molar refractivity (Wildman–Crippen MR) is 117 cm³/mol. The van der Waals surface area contributed by atoms with Crippen molar-refractivity contribution in [2.45, 2.75) is 58.0 Å². The Morgan fingerprint density at radius 2 is 1.63 bits per heavy atom. The molecule has 192 valence electrons. The highest BCUT2D eigenvalue weighted by atomic mass is 19.4. The van der Waals surface area contributed by atoms with E-state index < -0.39 is 41.4 Å². The molecule has 1 aliphatic heterocycles. The zero-order valence-electron chi connectivity index (χ0n) is 19.8. The lowest BCUT2D eigenvalue weighted by Crippen LogP contribution is -2.42. The molecule has 0 N–H and O–H groups in total.